The van der Waals surface area contributed by atoms with Gasteiger partial charge in [-0.2, -0.15) is 0 Å². The molecule has 0 aromatic carbocycles. The van der Waals surface area contributed by atoms with Crippen LogP contribution in [-0.4, -0.2) is 30.9 Å². The van der Waals surface area contributed by atoms with Gasteiger partial charge in [-0.15, -0.1) is 0 Å². The van der Waals surface area contributed by atoms with Gasteiger partial charge in [0.15, 0.2) is 0 Å². The minimum atomic E-state index is -0.144. The second-order valence-corrected chi connectivity index (χ2v) is 9.24. The highest BCUT2D eigenvalue weighted by Gasteiger charge is 2.23. The molecule has 0 amide bonds. The number of ether oxygens (including phenoxy) is 2. The Morgan fingerprint density at radius 2 is 1.00 bits per heavy atom. The molecule has 5 nitrogen and oxygen atoms in total. The maximum absolute atomic E-state index is 12.1. The SMILES string of the molecule is CCOC(=O)CC(C)(C)CCCCC(=O)CCCCC(C)(C)CC(=O)OCC. The maximum atomic E-state index is 12.1. The van der Waals surface area contributed by atoms with Crippen LogP contribution in [0.5, 0.6) is 0 Å². The van der Waals surface area contributed by atoms with Crippen LogP contribution in [0.3, 0.4) is 0 Å². The van der Waals surface area contributed by atoms with Gasteiger partial charge in [-0.1, -0.05) is 40.5 Å². The van der Waals surface area contributed by atoms with E-state index in [2.05, 4.69) is 27.7 Å². The summed E-state index contributed by atoms with van der Waals surface area (Å²) in [5.41, 5.74) is -0.167. The molecule has 0 atom stereocenters. The smallest absolute Gasteiger partial charge is 0.306 e. The molecule has 0 saturated carbocycles. The van der Waals surface area contributed by atoms with Crippen LogP contribution in [0.2, 0.25) is 0 Å². The summed E-state index contributed by atoms with van der Waals surface area (Å²) < 4.78 is 10.0. The molecule has 0 saturated heterocycles. The molecule has 0 aromatic heterocycles. The third kappa shape index (κ3) is 14.6. The number of carbonyl (C=O) groups is 3. The molecule has 0 aromatic rings. The molecule has 0 bridgehead atoms. The molecule has 28 heavy (non-hydrogen) atoms. The molecule has 164 valence electrons. The summed E-state index contributed by atoms with van der Waals surface area (Å²) in [5, 5.41) is 0. The Kier molecular flexibility index (Phi) is 13.0. The highest BCUT2D eigenvalue weighted by atomic mass is 16.5. The molecule has 0 N–H and O–H groups in total. The zero-order valence-electron chi connectivity index (χ0n) is 19.0. The summed E-state index contributed by atoms with van der Waals surface area (Å²) in [6.07, 6.45) is 7.56. The lowest BCUT2D eigenvalue weighted by atomic mass is 9.83. The normalized spacial score (nSPS) is 11.9. The molecular weight excluding hydrogens is 356 g/mol. The van der Waals surface area contributed by atoms with Crippen LogP contribution in [0.1, 0.15) is 106 Å². The van der Waals surface area contributed by atoms with E-state index in [1.54, 1.807) is 0 Å². The Morgan fingerprint density at radius 3 is 1.32 bits per heavy atom. The lowest BCUT2D eigenvalue weighted by Crippen LogP contribution is -2.19. The zero-order chi connectivity index (χ0) is 21.6. The highest BCUT2D eigenvalue weighted by molar-refractivity contribution is 5.78. The first-order valence-electron chi connectivity index (χ1n) is 10.8. The minimum absolute atomic E-state index is 0.0835. The molecule has 0 fully saturated rings. The van der Waals surface area contributed by atoms with E-state index in [9.17, 15) is 14.4 Å². The quantitative estimate of drug-likeness (QED) is 0.249. The van der Waals surface area contributed by atoms with E-state index in [-0.39, 0.29) is 22.8 Å². The van der Waals surface area contributed by atoms with Crippen molar-refractivity contribution in [1.29, 1.82) is 0 Å². The van der Waals surface area contributed by atoms with Gasteiger partial charge in [0.2, 0.25) is 0 Å². The summed E-state index contributed by atoms with van der Waals surface area (Å²) in [4.78, 5) is 35.3. The number of ketones is 1. The van der Waals surface area contributed by atoms with Crippen LogP contribution >= 0.6 is 0 Å². The van der Waals surface area contributed by atoms with Gasteiger partial charge in [-0.3, -0.25) is 14.4 Å². The van der Waals surface area contributed by atoms with Gasteiger partial charge >= 0.3 is 11.9 Å². The fourth-order valence-electron chi connectivity index (χ4n) is 3.36. The number of unbranched alkanes of at least 4 members (excludes halogenated alkanes) is 2. The maximum Gasteiger partial charge on any atom is 0.306 e. The van der Waals surface area contributed by atoms with Gasteiger partial charge in [0.05, 0.1) is 26.1 Å². The average Bonchev–Trinajstić information content (AvgIpc) is 2.55. The summed E-state index contributed by atoms with van der Waals surface area (Å²) in [6.45, 7) is 12.8. The molecule has 0 heterocycles. The Morgan fingerprint density at radius 1 is 0.643 bits per heavy atom. The number of rotatable bonds is 16. The van der Waals surface area contributed by atoms with Crippen molar-refractivity contribution >= 4 is 17.7 Å². The summed E-state index contributed by atoms with van der Waals surface area (Å²) >= 11 is 0. The Labute approximate surface area is 171 Å². The van der Waals surface area contributed by atoms with E-state index in [0.717, 1.165) is 38.5 Å². The number of Topliss-reactive ketones (excluding diaryl/α,β-unsaturated/α-hetero) is 1. The van der Waals surface area contributed by atoms with Gasteiger partial charge in [-0.05, 0) is 50.4 Å². The van der Waals surface area contributed by atoms with Crippen LogP contribution in [-0.2, 0) is 23.9 Å². The Balaban J connectivity index is 3.88. The van der Waals surface area contributed by atoms with Crippen molar-refractivity contribution in [2.45, 2.75) is 106 Å². The molecule has 0 unspecified atom stereocenters. The summed E-state index contributed by atoms with van der Waals surface area (Å²) in [7, 11) is 0. The van der Waals surface area contributed by atoms with E-state index in [1.165, 1.54) is 0 Å². The van der Waals surface area contributed by atoms with Gasteiger partial charge in [-0.25, -0.2) is 0 Å². The van der Waals surface area contributed by atoms with Crippen molar-refractivity contribution in [1.82, 2.24) is 0 Å². The second kappa shape index (κ2) is 13.7. The van der Waals surface area contributed by atoms with Crippen LogP contribution in [0.4, 0.5) is 0 Å². The largest absolute Gasteiger partial charge is 0.466 e. The standard InChI is InChI=1S/C23H42O5/c1-7-27-20(25)17-22(3,4)15-11-9-13-19(24)14-10-12-16-23(5,6)18-21(26)28-8-2/h7-18H2,1-6H3. The lowest BCUT2D eigenvalue weighted by molar-refractivity contribution is -0.146. The van der Waals surface area contributed by atoms with Gasteiger partial charge < -0.3 is 9.47 Å². The van der Waals surface area contributed by atoms with Gasteiger partial charge in [0.1, 0.15) is 5.78 Å². The molecule has 0 aliphatic carbocycles. The van der Waals surface area contributed by atoms with Gasteiger partial charge in [0.25, 0.3) is 0 Å². The van der Waals surface area contributed by atoms with Crippen LogP contribution in [0, 0.1) is 10.8 Å². The van der Waals surface area contributed by atoms with Crippen molar-refractivity contribution in [3.8, 4) is 0 Å². The van der Waals surface area contributed by atoms with Crippen molar-refractivity contribution in [2.75, 3.05) is 13.2 Å². The highest BCUT2D eigenvalue weighted by Crippen LogP contribution is 2.29. The third-order valence-corrected chi connectivity index (χ3v) is 4.97. The van der Waals surface area contributed by atoms with Gasteiger partial charge in [0, 0.05) is 12.8 Å². The molecule has 0 aliphatic heterocycles. The van der Waals surface area contributed by atoms with E-state index in [0.29, 0.717) is 44.7 Å². The van der Waals surface area contributed by atoms with E-state index < -0.39 is 0 Å². The molecule has 0 radical (unpaired) electrons. The average molecular weight is 399 g/mol. The number of hydrogen-bond donors (Lipinski definition) is 0. The first-order chi connectivity index (χ1) is 13.0. The Bertz CT molecular complexity index is 437. The first kappa shape index (κ1) is 26.6. The number of hydrogen-bond acceptors (Lipinski definition) is 5. The third-order valence-electron chi connectivity index (χ3n) is 4.97. The number of esters is 2. The first-order valence-corrected chi connectivity index (χ1v) is 10.8. The van der Waals surface area contributed by atoms with E-state index >= 15 is 0 Å². The van der Waals surface area contributed by atoms with Crippen molar-refractivity contribution in [3.63, 3.8) is 0 Å². The second-order valence-electron chi connectivity index (χ2n) is 9.24. The summed E-state index contributed by atoms with van der Waals surface area (Å²) in [6, 6.07) is 0. The molecule has 0 spiro atoms. The molecular formula is C23H42O5. The van der Waals surface area contributed by atoms with E-state index in [4.69, 9.17) is 9.47 Å². The van der Waals surface area contributed by atoms with Crippen LogP contribution in [0.15, 0.2) is 0 Å². The number of carbonyl (C=O) groups excluding carboxylic acids is 3. The predicted molar refractivity (Wildman–Crippen MR) is 112 cm³/mol. The predicted octanol–water partition coefficient (Wildman–Crippen LogP) is 5.64. The fraction of sp³-hybridized carbons (Fsp3) is 0.870. The van der Waals surface area contributed by atoms with Crippen molar-refractivity contribution in [3.05, 3.63) is 0 Å². The van der Waals surface area contributed by atoms with Crippen LogP contribution in [0.25, 0.3) is 0 Å². The molecule has 0 rings (SSSR count). The monoisotopic (exact) mass is 398 g/mol. The summed E-state index contributed by atoms with van der Waals surface area (Å²) in [5.74, 6) is 0.0234. The van der Waals surface area contributed by atoms with Crippen molar-refractivity contribution in [2.24, 2.45) is 10.8 Å². The minimum Gasteiger partial charge on any atom is -0.466 e. The lowest BCUT2D eigenvalue weighted by Gasteiger charge is -2.23. The molecule has 5 heteroatoms. The topological polar surface area (TPSA) is 69.7 Å². The fourth-order valence-corrected chi connectivity index (χ4v) is 3.36. The Hall–Kier alpha value is -1.39. The zero-order valence-corrected chi connectivity index (χ0v) is 19.0. The van der Waals surface area contributed by atoms with Crippen LogP contribution < -0.4 is 0 Å². The molecule has 0 aliphatic rings. The van der Waals surface area contributed by atoms with Crippen molar-refractivity contribution < 1.29 is 23.9 Å². The van der Waals surface area contributed by atoms with E-state index in [1.807, 2.05) is 13.8 Å².